The van der Waals surface area contributed by atoms with Crippen LogP contribution in [0.1, 0.15) is 10.4 Å². The molecule has 0 aliphatic rings. The van der Waals surface area contributed by atoms with E-state index in [9.17, 15) is 4.79 Å². The Kier molecular flexibility index (Phi) is 5.08. The van der Waals surface area contributed by atoms with Crippen molar-refractivity contribution in [2.45, 2.75) is 0 Å². The second-order valence-electron chi connectivity index (χ2n) is 5.76. The maximum Gasteiger partial charge on any atom is 0.256 e. The number of rotatable bonds is 3. The van der Waals surface area contributed by atoms with Crippen LogP contribution in [-0.4, -0.2) is 10.9 Å². The zero-order valence-electron chi connectivity index (χ0n) is 13.7. The van der Waals surface area contributed by atoms with Crippen molar-refractivity contribution < 1.29 is 9.21 Å². The molecule has 0 saturated carbocycles. The van der Waals surface area contributed by atoms with E-state index < -0.39 is 0 Å². The van der Waals surface area contributed by atoms with Gasteiger partial charge in [-0.1, -0.05) is 35.3 Å². The lowest BCUT2D eigenvalue weighted by Gasteiger charge is -2.09. The van der Waals surface area contributed by atoms with Gasteiger partial charge in [-0.15, -0.1) is 0 Å². The van der Waals surface area contributed by atoms with Crippen LogP contribution in [0.4, 0.5) is 5.69 Å². The molecule has 3 aromatic carbocycles. The molecule has 1 heterocycles. The zero-order valence-corrected chi connectivity index (χ0v) is 17.3. The Morgan fingerprint density at radius 2 is 1.85 bits per heavy atom. The van der Waals surface area contributed by atoms with Crippen molar-refractivity contribution in [2.24, 2.45) is 0 Å². The summed E-state index contributed by atoms with van der Waals surface area (Å²) in [4.78, 5) is 17.0. The highest BCUT2D eigenvalue weighted by Gasteiger charge is 2.14. The third-order valence-corrected chi connectivity index (χ3v) is 5.43. The summed E-state index contributed by atoms with van der Waals surface area (Å²) in [6.45, 7) is 0. The predicted molar refractivity (Wildman–Crippen MR) is 117 cm³/mol. The molecule has 4 nitrogen and oxygen atoms in total. The fourth-order valence-corrected chi connectivity index (χ4v) is 3.58. The lowest BCUT2D eigenvalue weighted by atomic mass is 10.1. The first-order valence-corrected chi connectivity index (χ1v) is 9.76. The molecule has 0 spiro atoms. The molecule has 0 fully saturated rings. The minimum atomic E-state index is -0.233. The number of carbonyl (C=O) groups is 1. The Hall–Kier alpha value is -2.09. The molecule has 1 aromatic heterocycles. The predicted octanol–water partition coefficient (Wildman–Crippen LogP) is 6.66. The summed E-state index contributed by atoms with van der Waals surface area (Å²) in [5.74, 6) is 0.192. The normalized spacial score (nSPS) is 10.9. The standard InChI is InChI=1S/C20H11Cl2IN2O2/c21-12-6-8-18-17(10-12)25-20(27-18)11-5-7-14(22)16(9-11)24-19(26)13-3-1-2-4-15(13)23/h1-10H,(H,24,26). The molecule has 27 heavy (non-hydrogen) atoms. The van der Waals surface area contributed by atoms with Gasteiger partial charge < -0.3 is 9.73 Å². The number of hydrogen-bond donors (Lipinski definition) is 1. The van der Waals surface area contributed by atoms with Gasteiger partial charge in [0.15, 0.2) is 5.58 Å². The SMILES string of the molecule is O=C(Nc1cc(-c2nc3cc(Cl)ccc3o2)ccc1Cl)c1ccccc1I. The number of hydrogen-bond acceptors (Lipinski definition) is 3. The van der Waals surface area contributed by atoms with Gasteiger partial charge in [0.1, 0.15) is 5.52 Å². The number of nitrogens with one attached hydrogen (secondary N) is 1. The minimum absolute atomic E-state index is 0.233. The molecule has 0 unspecified atom stereocenters. The largest absolute Gasteiger partial charge is 0.436 e. The van der Waals surface area contributed by atoms with Gasteiger partial charge in [0.25, 0.3) is 5.91 Å². The highest BCUT2D eigenvalue weighted by atomic mass is 127. The van der Waals surface area contributed by atoms with E-state index in [0.717, 1.165) is 3.57 Å². The molecule has 0 bridgehead atoms. The number of oxazole rings is 1. The molecule has 0 atom stereocenters. The molecule has 0 radical (unpaired) electrons. The third-order valence-electron chi connectivity index (χ3n) is 3.93. The quantitative estimate of drug-likeness (QED) is 0.315. The molecule has 4 rings (SSSR count). The molecule has 1 N–H and O–H groups in total. The molecule has 0 saturated heterocycles. The van der Waals surface area contributed by atoms with Gasteiger partial charge in [0.2, 0.25) is 5.89 Å². The summed E-state index contributed by atoms with van der Waals surface area (Å²) in [6, 6.07) is 17.8. The second kappa shape index (κ2) is 7.50. The monoisotopic (exact) mass is 508 g/mol. The molecule has 4 aromatic rings. The van der Waals surface area contributed by atoms with Crippen molar-refractivity contribution in [2.75, 3.05) is 5.32 Å². The van der Waals surface area contributed by atoms with Gasteiger partial charge >= 0.3 is 0 Å². The van der Waals surface area contributed by atoms with Gasteiger partial charge in [0.05, 0.1) is 16.3 Å². The number of benzene rings is 3. The summed E-state index contributed by atoms with van der Waals surface area (Å²) >= 11 is 14.4. The molecule has 7 heteroatoms. The van der Waals surface area contributed by atoms with Gasteiger partial charge in [-0.3, -0.25) is 4.79 Å². The average Bonchev–Trinajstić information content (AvgIpc) is 3.07. The van der Waals surface area contributed by atoms with Crippen LogP contribution in [0.15, 0.2) is 65.1 Å². The molecule has 0 aliphatic heterocycles. The summed E-state index contributed by atoms with van der Waals surface area (Å²) in [6.07, 6.45) is 0. The first-order chi connectivity index (χ1) is 13.0. The Morgan fingerprint density at radius 3 is 2.67 bits per heavy atom. The summed E-state index contributed by atoms with van der Waals surface area (Å²) in [7, 11) is 0. The fourth-order valence-electron chi connectivity index (χ4n) is 2.61. The summed E-state index contributed by atoms with van der Waals surface area (Å²) < 4.78 is 6.64. The Balaban J connectivity index is 1.68. The van der Waals surface area contributed by atoms with Crippen LogP contribution >= 0.6 is 45.8 Å². The highest BCUT2D eigenvalue weighted by Crippen LogP contribution is 2.31. The number of nitrogens with zero attached hydrogens (tertiary/aromatic N) is 1. The molecule has 134 valence electrons. The summed E-state index contributed by atoms with van der Waals surface area (Å²) in [5, 5.41) is 3.87. The van der Waals surface area contributed by atoms with Crippen LogP contribution in [0, 0.1) is 3.57 Å². The topological polar surface area (TPSA) is 55.1 Å². The van der Waals surface area contributed by atoms with Gasteiger partial charge in [-0.2, -0.15) is 0 Å². The smallest absolute Gasteiger partial charge is 0.256 e. The van der Waals surface area contributed by atoms with E-state index >= 15 is 0 Å². The summed E-state index contributed by atoms with van der Waals surface area (Å²) in [5.41, 5.74) is 3.06. The fraction of sp³-hybridized carbons (Fsp3) is 0. The number of halogens is 3. The maximum absolute atomic E-state index is 12.6. The van der Waals surface area contributed by atoms with E-state index in [2.05, 4.69) is 32.9 Å². The number of carbonyl (C=O) groups excluding carboxylic acids is 1. The molecule has 0 aliphatic carbocycles. The Labute approximate surface area is 178 Å². The van der Waals surface area contributed by atoms with E-state index in [0.29, 0.717) is 43.9 Å². The highest BCUT2D eigenvalue weighted by molar-refractivity contribution is 14.1. The van der Waals surface area contributed by atoms with Crippen LogP contribution < -0.4 is 5.32 Å². The van der Waals surface area contributed by atoms with Crippen LogP contribution in [0.2, 0.25) is 10.0 Å². The number of fused-ring (bicyclic) bond motifs is 1. The first-order valence-electron chi connectivity index (χ1n) is 7.93. The van der Waals surface area contributed by atoms with E-state index in [4.69, 9.17) is 27.6 Å². The van der Waals surface area contributed by atoms with E-state index in [1.165, 1.54) is 0 Å². The maximum atomic E-state index is 12.6. The number of amides is 1. The third kappa shape index (κ3) is 3.81. The average molecular weight is 509 g/mol. The van der Waals surface area contributed by atoms with Gasteiger partial charge in [-0.25, -0.2) is 4.98 Å². The van der Waals surface area contributed by atoms with Crippen molar-refractivity contribution in [3.8, 4) is 11.5 Å². The van der Waals surface area contributed by atoms with E-state index in [1.807, 2.05) is 18.2 Å². The molecule has 1 amide bonds. The van der Waals surface area contributed by atoms with Crippen molar-refractivity contribution in [3.05, 3.63) is 79.8 Å². The van der Waals surface area contributed by atoms with E-state index in [-0.39, 0.29) is 5.91 Å². The van der Waals surface area contributed by atoms with Crippen molar-refractivity contribution in [3.63, 3.8) is 0 Å². The van der Waals surface area contributed by atoms with Crippen molar-refractivity contribution in [1.82, 2.24) is 4.98 Å². The van der Waals surface area contributed by atoms with Crippen LogP contribution in [0.5, 0.6) is 0 Å². The van der Waals surface area contributed by atoms with Gasteiger partial charge in [0, 0.05) is 14.2 Å². The van der Waals surface area contributed by atoms with Crippen molar-refractivity contribution in [1.29, 1.82) is 0 Å². The lowest BCUT2D eigenvalue weighted by molar-refractivity contribution is 0.102. The van der Waals surface area contributed by atoms with Crippen LogP contribution in [0.25, 0.3) is 22.6 Å². The number of aromatic nitrogens is 1. The molecular formula is C20H11Cl2IN2O2. The van der Waals surface area contributed by atoms with Crippen LogP contribution in [0.3, 0.4) is 0 Å². The van der Waals surface area contributed by atoms with Gasteiger partial charge in [-0.05, 0) is 71.1 Å². The second-order valence-corrected chi connectivity index (χ2v) is 7.77. The number of anilines is 1. The molecular weight excluding hydrogens is 498 g/mol. The lowest BCUT2D eigenvalue weighted by Crippen LogP contribution is -2.13. The van der Waals surface area contributed by atoms with E-state index in [1.54, 1.807) is 42.5 Å². The Bertz CT molecular complexity index is 1170. The zero-order chi connectivity index (χ0) is 19.0. The minimum Gasteiger partial charge on any atom is -0.436 e. The van der Waals surface area contributed by atoms with Crippen molar-refractivity contribution >= 4 is 68.5 Å². The first kappa shape index (κ1) is 18.3. The Morgan fingerprint density at radius 1 is 1.04 bits per heavy atom. The van der Waals surface area contributed by atoms with Crippen LogP contribution in [-0.2, 0) is 0 Å².